The third-order valence-corrected chi connectivity index (χ3v) is 4.42. The van der Waals surface area contributed by atoms with Crippen molar-refractivity contribution < 1.29 is 9.53 Å². The number of hydrogen-bond acceptors (Lipinski definition) is 5. The zero-order chi connectivity index (χ0) is 17.5. The highest BCUT2D eigenvalue weighted by Gasteiger charge is 2.30. The van der Waals surface area contributed by atoms with Crippen molar-refractivity contribution in [2.45, 2.75) is 46.1 Å². The van der Waals surface area contributed by atoms with Crippen LogP contribution in [0.2, 0.25) is 0 Å². The molecular weight excluding hydrogens is 304 g/mol. The molecule has 0 radical (unpaired) electrons. The lowest BCUT2D eigenvalue weighted by molar-refractivity contribution is 0.0240. The highest BCUT2D eigenvalue weighted by Crippen LogP contribution is 2.39. The molecule has 0 aromatic carbocycles. The van der Waals surface area contributed by atoms with E-state index in [2.05, 4.69) is 34.8 Å². The fourth-order valence-electron chi connectivity index (χ4n) is 3.34. The molecule has 6 heteroatoms. The molecule has 24 heavy (non-hydrogen) atoms. The first kappa shape index (κ1) is 16.7. The molecular formula is C18H26N4O2. The number of aromatic nitrogens is 2. The summed E-state index contributed by atoms with van der Waals surface area (Å²) < 4.78 is 5.46. The summed E-state index contributed by atoms with van der Waals surface area (Å²) in [4.78, 5) is 25.2. The van der Waals surface area contributed by atoms with Crippen molar-refractivity contribution in [3.05, 3.63) is 23.7 Å². The van der Waals surface area contributed by atoms with E-state index in [4.69, 9.17) is 4.74 Å². The van der Waals surface area contributed by atoms with Crippen LogP contribution in [0, 0.1) is 0 Å². The Kier molecular flexibility index (Phi) is 4.24. The van der Waals surface area contributed by atoms with E-state index in [1.54, 1.807) is 11.2 Å². The van der Waals surface area contributed by atoms with Gasteiger partial charge in [-0.1, -0.05) is 13.0 Å². The van der Waals surface area contributed by atoms with E-state index in [-0.39, 0.29) is 6.09 Å². The molecule has 1 atom stereocenters. The SMILES string of the molecule is CC1=C[C@@H](C)c2c1ncnc2N1CCN(C(=O)OC(C)(C)C)CC1. The van der Waals surface area contributed by atoms with Gasteiger partial charge in [0.15, 0.2) is 0 Å². The topological polar surface area (TPSA) is 58.6 Å². The van der Waals surface area contributed by atoms with Crippen LogP contribution in [0.1, 0.15) is 51.8 Å². The number of hydrogen-bond donors (Lipinski definition) is 0. The van der Waals surface area contributed by atoms with Crippen molar-refractivity contribution in [1.29, 1.82) is 0 Å². The number of anilines is 1. The molecule has 1 aromatic rings. The number of rotatable bonds is 1. The highest BCUT2D eigenvalue weighted by molar-refractivity contribution is 5.75. The Bertz CT molecular complexity index is 670. The monoisotopic (exact) mass is 330 g/mol. The summed E-state index contributed by atoms with van der Waals surface area (Å²) in [5.74, 6) is 1.34. The van der Waals surface area contributed by atoms with Gasteiger partial charge in [-0.15, -0.1) is 0 Å². The lowest BCUT2D eigenvalue weighted by atomic mass is 10.1. The maximum Gasteiger partial charge on any atom is 0.410 e. The van der Waals surface area contributed by atoms with Crippen LogP contribution in [0.4, 0.5) is 10.6 Å². The fraction of sp³-hybridized carbons (Fsp3) is 0.611. The second-order valence-corrected chi connectivity index (χ2v) is 7.55. The van der Waals surface area contributed by atoms with Gasteiger partial charge in [-0.25, -0.2) is 14.8 Å². The molecule has 0 saturated carbocycles. The summed E-state index contributed by atoms with van der Waals surface area (Å²) in [6, 6.07) is 0. The van der Waals surface area contributed by atoms with Crippen molar-refractivity contribution in [1.82, 2.24) is 14.9 Å². The Balaban J connectivity index is 1.70. The molecule has 130 valence electrons. The Hall–Kier alpha value is -2.11. The number of carbonyl (C=O) groups excluding carboxylic acids is 1. The summed E-state index contributed by atoms with van der Waals surface area (Å²) in [7, 11) is 0. The van der Waals surface area contributed by atoms with Crippen LogP contribution in [0.5, 0.6) is 0 Å². The smallest absolute Gasteiger partial charge is 0.410 e. The lowest BCUT2D eigenvalue weighted by Gasteiger charge is -2.37. The van der Waals surface area contributed by atoms with E-state index in [1.807, 2.05) is 20.8 Å². The zero-order valence-electron chi connectivity index (χ0n) is 15.2. The van der Waals surface area contributed by atoms with Crippen molar-refractivity contribution >= 4 is 17.5 Å². The van der Waals surface area contributed by atoms with Crippen molar-refractivity contribution in [3.63, 3.8) is 0 Å². The van der Waals surface area contributed by atoms with E-state index >= 15 is 0 Å². The number of piperazine rings is 1. The highest BCUT2D eigenvalue weighted by atomic mass is 16.6. The van der Waals surface area contributed by atoms with E-state index in [9.17, 15) is 4.79 Å². The van der Waals surface area contributed by atoms with Gasteiger partial charge in [0.2, 0.25) is 0 Å². The number of nitrogens with zero attached hydrogens (tertiary/aromatic N) is 4. The van der Waals surface area contributed by atoms with Crippen molar-refractivity contribution in [2.75, 3.05) is 31.1 Å². The van der Waals surface area contributed by atoms with Gasteiger partial charge in [-0.2, -0.15) is 0 Å². The standard InChI is InChI=1S/C18H26N4O2/c1-12-10-13(2)15-14(12)16(20-11-19-15)21-6-8-22(9-7-21)17(23)24-18(3,4)5/h10-12H,6-9H2,1-5H3/t12-/m1/s1. The first-order chi connectivity index (χ1) is 11.3. The van der Waals surface area contributed by atoms with Gasteiger partial charge in [0, 0.05) is 37.7 Å². The van der Waals surface area contributed by atoms with Crippen LogP contribution in [0.3, 0.4) is 0 Å². The number of amides is 1. The third kappa shape index (κ3) is 3.23. The first-order valence-electron chi connectivity index (χ1n) is 8.53. The molecule has 2 heterocycles. The number of carbonyl (C=O) groups is 1. The zero-order valence-corrected chi connectivity index (χ0v) is 15.2. The average molecular weight is 330 g/mol. The molecule has 6 nitrogen and oxygen atoms in total. The van der Waals surface area contributed by atoms with E-state index < -0.39 is 5.60 Å². The second-order valence-electron chi connectivity index (χ2n) is 7.55. The number of ether oxygens (including phenoxy) is 1. The summed E-state index contributed by atoms with van der Waals surface area (Å²) in [6.45, 7) is 12.8. The van der Waals surface area contributed by atoms with Crippen LogP contribution in [-0.4, -0.2) is 52.7 Å². The maximum absolute atomic E-state index is 12.2. The van der Waals surface area contributed by atoms with Gasteiger partial charge in [-0.05, 0) is 33.3 Å². The molecule has 1 saturated heterocycles. The predicted octanol–water partition coefficient (Wildman–Crippen LogP) is 3.05. The first-order valence-corrected chi connectivity index (χ1v) is 8.53. The fourth-order valence-corrected chi connectivity index (χ4v) is 3.34. The summed E-state index contributed by atoms with van der Waals surface area (Å²) in [6.07, 6.45) is 3.64. The molecule has 0 N–H and O–H groups in total. The second kappa shape index (κ2) is 6.07. The summed E-state index contributed by atoms with van der Waals surface area (Å²) in [5.41, 5.74) is 3.02. The molecule has 1 aliphatic heterocycles. The molecule has 1 amide bonds. The molecule has 0 bridgehead atoms. The van der Waals surface area contributed by atoms with Crippen molar-refractivity contribution in [3.8, 4) is 0 Å². The Morgan fingerprint density at radius 1 is 1.21 bits per heavy atom. The molecule has 1 aliphatic carbocycles. The molecule has 0 spiro atoms. The van der Waals surface area contributed by atoms with Crippen LogP contribution in [-0.2, 0) is 4.74 Å². The van der Waals surface area contributed by atoms with E-state index in [1.165, 1.54) is 11.1 Å². The predicted molar refractivity (Wildman–Crippen MR) is 94.1 cm³/mol. The Morgan fingerprint density at radius 2 is 1.88 bits per heavy atom. The van der Waals surface area contributed by atoms with Gasteiger partial charge in [0.05, 0.1) is 5.69 Å². The lowest BCUT2D eigenvalue weighted by Crippen LogP contribution is -2.50. The van der Waals surface area contributed by atoms with Gasteiger partial charge < -0.3 is 14.5 Å². The van der Waals surface area contributed by atoms with E-state index in [0.717, 1.165) is 24.6 Å². The van der Waals surface area contributed by atoms with Crippen LogP contribution < -0.4 is 4.90 Å². The Labute approximate surface area is 143 Å². The average Bonchev–Trinajstić information content (AvgIpc) is 2.81. The maximum atomic E-state index is 12.2. The molecule has 0 unspecified atom stereocenters. The van der Waals surface area contributed by atoms with Crippen molar-refractivity contribution in [2.24, 2.45) is 0 Å². The van der Waals surface area contributed by atoms with Gasteiger partial charge in [0.1, 0.15) is 17.7 Å². The molecule has 3 rings (SSSR count). The molecule has 1 fully saturated rings. The minimum Gasteiger partial charge on any atom is -0.444 e. The Morgan fingerprint density at radius 3 is 2.50 bits per heavy atom. The quantitative estimate of drug-likeness (QED) is 0.792. The van der Waals surface area contributed by atoms with Gasteiger partial charge in [-0.3, -0.25) is 0 Å². The number of fused-ring (bicyclic) bond motifs is 1. The summed E-state index contributed by atoms with van der Waals surface area (Å²) >= 11 is 0. The van der Waals surface area contributed by atoms with Gasteiger partial charge >= 0.3 is 6.09 Å². The van der Waals surface area contributed by atoms with E-state index in [0.29, 0.717) is 19.0 Å². The van der Waals surface area contributed by atoms with Gasteiger partial charge in [0.25, 0.3) is 0 Å². The molecule has 1 aromatic heterocycles. The minimum absolute atomic E-state index is 0.235. The van der Waals surface area contributed by atoms with Crippen LogP contribution in [0.25, 0.3) is 5.57 Å². The van der Waals surface area contributed by atoms with Crippen LogP contribution >= 0.6 is 0 Å². The largest absolute Gasteiger partial charge is 0.444 e. The number of allylic oxidation sites excluding steroid dienone is 2. The minimum atomic E-state index is -0.458. The summed E-state index contributed by atoms with van der Waals surface area (Å²) in [5, 5.41) is 0. The molecule has 2 aliphatic rings. The third-order valence-electron chi connectivity index (χ3n) is 4.42. The normalized spacial score (nSPS) is 20.7. The van der Waals surface area contributed by atoms with Crippen LogP contribution in [0.15, 0.2) is 12.4 Å².